The first-order valence-electron chi connectivity index (χ1n) is 9.47. The van der Waals surface area contributed by atoms with Crippen molar-refractivity contribution < 1.29 is 18.7 Å². The maximum atomic E-state index is 13.4. The molecule has 0 saturated carbocycles. The van der Waals surface area contributed by atoms with Crippen LogP contribution in [0.2, 0.25) is 0 Å². The molecule has 2 amide bonds. The number of hydrazine groups is 1. The second kappa shape index (κ2) is 8.67. The molecule has 2 atom stereocenters. The van der Waals surface area contributed by atoms with Gasteiger partial charge in [-0.1, -0.05) is 12.1 Å². The second-order valence-corrected chi connectivity index (χ2v) is 7.11. The molecule has 7 nitrogen and oxygen atoms in total. The largest absolute Gasteiger partial charge is 0.450 e. The maximum absolute atomic E-state index is 13.4. The van der Waals surface area contributed by atoms with Gasteiger partial charge in [0, 0.05) is 25.2 Å². The lowest BCUT2D eigenvalue weighted by Gasteiger charge is -2.32. The first-order valence-corrected chi connectivity index (χ1v) is 9.47. The average molecular weight is 378 g/mol. The van der Waals surface area contributed by atoms with Crippen molar-refractivity contribution in [3.05, 3.63) is 35.1 Å². The number of nitrogens with zero attached hydrogens (tertiary/aromatic N) is 1. The Morgan fingerprint density at radius 2 is 2.04 bits per heavy atom. The SMILES string of the molecule is CCOC(=O)N1CCC(NC(=O)C2CC(c3ccc(F)c(C)c3)NN2)CC1. The first kappa shape index (κ1) is 19.6. The van der Waals surface area contributed by atoms with Crippen molar-refractivity contribution in [3.8, 4) is 0 Å². The number of halogens is 1. The van der Waals surface area contributed by atoms with Crippen molar-refractivity contribution in [2.45, 2.75) is 51.2 Å². The van der Waals surface area contributed by atoms with Gasteiger partial charge < -0.3 is 15.0 Å². The van der Waals surface area contributed by atoms with E-state index >= 15 is 0 Å². The lowest BCUT2D eigenvalue weighted by molar-refractivity contribution is -0.123. The predicted octanol–water partition coefficient (Wildman–Crippen LogP) is 1.78. The van der Waals surface area contributed by atoms with Crippen LogP contribution in [-0.4, -0.2) is 48.7 Å². The Morgan fingerprint density at radius 3 is 2.70 bits per heavy atom. The number of hydrogen-bond acceptors (Lipinski definition) is 5. The minimum absolute atomic E-state index is 0.0364. The van der Waals surface area contributed by atoms with Crippen LogP contribution < -0.4 is 16.2 Å². The Morgan fingerprint density at radius 1 is 1.30 bits per heavy atom. The molecule has 0 aliphatic carbocycles. The van der Waals surface area contributed by atoms with E-state index in [0.717, 1.165) is 5.56 Å². The van der Waals surface area contributed by atoms with Crippen LogP contribution in [0.1, 0.15) is 43.4 Å². The van der Waals surface area contributed by atoms with Crippen molar-refractivity contribution in [2.24, 2.45) is 0 Å². The van der Waals surface area contributed by atoms with E-state index in [1.54, 1.807) is 30.9 Å². The molecule has 2 saturated heterocycles. The van der Waals surface area contributed by atoms with Crippen LogP contribution in [0, 0.1) is 12.7 Å². The van der Waals surface area contributed by atoms with E-state index in [2.05, 4.69) is 16.2 Å². The molecular weight excluding hydrogens is 351 g/mol. The van der Waals surface area contributed by atoms with Crippen molar-refractivity contribution in [1.29, 1.82) is 0 Å². The van der Waals surface area contributed by atoms with Crippen molar-refractivity contribution in [1.82, 2.24) is 21.1 Å². The first-order chi connectivity index (χ1) is 13.0. The Bertz CT molecular complexity index is 692. The quantitative estimate of drug-likeness (QED) is 0.744. The number of carbonyl (C=O) groups is 2. The fraction of sp³-hybridized carbons (Fsp3) is 0.579. The molecule has 2 unspecified atom stereocenters. The highest BCUT2D eigenvalue weighted by Crippen LogP contribution is 2.24. The molecule has 148 valence electrons. The summed E-state index contributed by atoms with van der Waals surface area (Å²) in [6, 6.07) is 4.68. The highest BCUT2D eigenvalue weighted by Gasteiger charge is 2.32. The lowest BCUT2D eigenvalue weighted by Crippen LogP contribution is -2.51. The van der Waals surface area contributed by atoms with Gasteiger partial charge in [-0.3, -0.25) is 4.79 Å². The zero-order valence-corrected chi connectivity index (χ0v) is 15.8. The smallest absolute Gasteiger partial charge is 0.409 e. The van der Waals surface area contributed by atoms with Crippen LogP contribution in [0.25, 0.3) is 0 Å². The summed E-state index contributed by atoms with van der Waals surface area (Å²) in [5.41, 5.74) is 7.70. The molecule has 27 heavy (non-hydrogen) atoms. The van der Waals surface area contributed by atoms with Crippen LogP contribution in [0.3, 0.4) is 0 Å². The van der Waals surface area contributed by atoms with Crippen molar-refractivity contribution >= 4 is 12.0 Å². The summed E-state index contributed by atoms with van der Waals surface area (Å²) in [4.78, 5) is 26.0. The van der Waals surface area contributed by atoms with Crippen molar-refractivity contribution in [3.63, 3.8) is 0 Å². The number of piperidine rings is 1. The van der Waals surface area contributed by atoms with Crippen LogP contribution in [0.5, 0.6) is 0 Å². The number of hydrogen-bond donors (Lipinski definition) is 3. The zero-order chi connectivity index (χ0) is 19.4. The zero-order valence-electron chi connectivity index (χ0n) is 15.8. The summed E-state index contributed by atoms with van der Waals surface area (Å²) >= 11 is 0. The number of benzene rings is 1. The molecule has 0 radical (unpaired) electrons. The Hall–Kier alpha value is -2.19. The van der Waals surface area contributed by atoms with E-state index in [-0.39, 0.29) is 35.9 Å². The minimum atomic E-state index is -0.344. The van der Waals surface area contributed by atoms with E-state index in [9.17, 15) is 14.0 Å². The number of likely N-dealkylation sites (tertiary alicyclic amines) is 1. The van der Waals surface area contributed by atoms with E-state index in [1.165, 1.54) is 6.07 Å². The highest BCUT2D eigenvalue weighted by molar-refractivity contribution is 5.82. The molecule has 3 rings (SSSR count). The molecule has 2 aliphatic heterocycles. The molecule has 0 bridgehead atoms. The van der Waals surface area contributed by atoms with E-state index in [0.29, 0.717) is 44.5 Å². The Balaban J connectivity index is 1.47. The summed E-state index contributed by atoms with van der Waals surface area (Å²) in [6.45, 7) is 5.04. The van der Waals surface area contributed by atoms with Gasteiger partial charge in [0.2, 0.25) is 5.91 Å². The third-order valence-electron chi connectivity index (χ3n) is 5.17. The summed E-state index contributed by atoms with van der Waals surface area (Å²) in [5, 5.41) is 3.06. The third-order valence-corrected chi connectivity index (χ3v) is 5.17. The molecule has 0 aromatic heterocycles. The minimum Gasteiger partial charge on any atom is -0.450 e. The molecule has 8 heteroatoms. The standard InChI is InChI=1S/C19H27FN4O3/c1-3-27-19(26)24-8-6-14(7-9-24)21-18(25)17-11-16(22-23-17)13-4-5-15(20)12(2)10-13/h4-5,10,14,16-17,22-23H,3,6-9,11H2,1-2H3,(H,21,25). The molecule has 2 heterocycles. The average Bonchev–Trinajstić information content (AvgIpc) is 3.15. The monoisotopic (exact) mass is 378 g/mol. The Kier molecular flexibility index (Phi) is 6.28. The normalized spacial score (nSPS) is 23.3. The topological polar surface area (TPSA) is 82.7 Å². The lowest BCUT2D eigenvalue weighted by atomic mass is 9.99. The van der Waals surface area contributed by atoms with E-state index in [1.807, 2.05) is 0 Å². The van der Waals surface area contributed by atoms with Gasteiger partial charge in [0.1, 0.15) is 11.9 Å². The maximum Gasteiger partial charge on any atom is 0.409 e. The Labute approximate surface area is 158 Å². The third kappa shape index (κ3) is 4.75. The summed E-state index contributed by atoms with van der Waals surface area (Å²) < 4.78 is 18.4. The molecule has 3 N–H and O–H groups in total. The number of amides is 2. The van der Waals surface area contributed by atoms with E-state index < -0.39 is 0 Å². The van der Waals surface area contributed by atoms with Gasteiger partial charge in [0.25, 0.3) is 0 Å². The van der Waals surface area contributed by atoms with Crippen molar-refractivity contribution in [2.75, 3.05) is 19.7 Å². The molecule has 2 fully saturated rings. The predicted molar refractivity (Wildman–Crippen MR) is 98.3 cm³/mol. The fourth-order valence-corrected chi connectivity index (χ4v) is 3.55. The molecule has 0 spiro atoms. The number of carbonyl (C=O) groups excluding carboxylic acids is 2. The van der Waals surface area contributed by atoms with Crippen LogP contribution in [-0.2, 0) is 9.53 Å². The van der Waals surface area contributed by atoms with Crippen LogP contribution in [0.4, 0.5) is 9.18 Å². The van der Waals surface area contributed by atoms with Gasteiger partial charge >= 0.3 is 6.09 Å². The molecule has 1 aromatic rings. The summed E-state index contributed by atoms with van der Waals surface area (Å²) in [6.07, 6.45) is 1.73. The van der Waals surface area contributed by atoms with Crippen LogP contribution in [0.15, 0.2) is 18.2 Å². The van der Waals surface area contributed by atoms with Gasteiger partial charge in [-0.25, -0.2) is 20.0 Å². The molecular formula is C19H27FN4O3. The second-order valence-electron chi connectivity index (χ2n) is 7.11. The molecule has 2 aliphatic rings. The number of rotatable bonds is 4. The number of nitrogens with one attached hydrogen (secondary N) is 3. The van der Waals surface area contributed by atoms with Crippen LogP contribution >= 0.6 is 0 Å². The van der Waals surface area contributed by atoms with Gasteiger partial charge in [0.05, 0.1) is 6.61 Å². The number of ether oxygens (including phenoxy) is 1. The molecule has 1 aromatic carbocycles. The summed E-state index contributed by atoms with van der Waals surface area (Å²) in [5.74, 6) is -0.286. The van der Waals surface area contributed by atoms with Gasteiger partial charge in [-0.2, -0.15) is 0 Å². The highest BCUT2D eigenvalue weighted by atomic mass is 19.1. The summed E-state index contributed by atoms with van der Waals surface area (Å²) in [7, 11) is 0. The fourth-order valence-electron chi connectivity index (χ4n) is 3.55. The van der Waals surface area contributed by atoms with Gasteiger partial charge in [-0.15, -0.1) is 0 Å². The van der Waals surface area contributed by atoms with E-state index in [4.69, 9.17) is 4.74 Å². The van der Waals surface area contributed by atoms with Gasteiger partial charge in [0.15, 0.2) is 0 Å². The number of aryl methyl sites for hydroxylation is 1. The van der Waals surface area contributed by atoms with Gasteiger partial charge in [-0.05, 0) is 50.3 Å².